The van der Waals surface area contributed by atoms with E-state index in [0.717, 1.165) is 21.9 Å². The minimum absolute atomic E-state index is 0.0572. The van der Waals surface area contributed by atoms with Crippen LogP contribution in [0, 0.1) is 0 Å². The largest absolute Gasteiger partial charge is 0.347 e. The van der Waals surface area contributed by atoms with E-state index in [1.54, 1.807) is 36.4 Å². The third-order valence-electron chi connectivity index (χ3n) is 6.72. The Bertz CT molecular complexity index is 1370. The first-order chi connectivity index (χ1) is 17.3. The fourth-order valence-electron chi connectivity index (χ4n) is 4.72. The number of nitrogens with zero attached hydrogens (tertiary/aromatic N) is 2. The first kappa shape index (κ1) is 24.8. The lowest BCUT2D eigenvalue weighted by Gasteiger charge is -2.42. The van der Waals surface area contributed by atoms with Gasteiger partial charge in [-0.3, -0.25) is 9.59 Å². The number of thiophene rings is 1. The maximum atomic E-state index is 13.4. The number of hydrogen-bond acceptors (Lipinski definition) is 6. The Kier molecular flexibility index (Phi) is 6.78. The summed E-state index contributed by atoms with van der Waals surface area (Å²) in [7, 11) is -3.71. The van der Waals surface area contributed by atoms with Gasteiger partial charge in [-0.05, 0) is 61.4 Å². The van der Waals surface area contributed by atoms with Crippen LogP contribution in [0.2, 0.25) is 5.02 Å². The van der Waals surface area contributed by atoms with Crippen LogP contribution in [-0.2, 0) is 21.4 Å². The zero-order valence-corrected chi connectivity index (χ0v) is 21.7. The Morgan fingerprint density at radius 3 is 2.42 bits per heavy atom. The predicted molar refractivity (Wildman–Crippen MR) is 140 cm³/mol. The Hall–Kier alpha value is -2.92. The van der Waals surface area contributed by atoms with Crippen LogP contribution in [0.1, 0.15) is 28.1 Å². The van der Waals surface area contributed by atoms with Crippen LogP contribution in [0.5, 0.6) is 0 Å². The van der Waals surface area contributed by atoms with Gasteiger partial charge in [0.15, 0.2) is 0 Å². The smallest absolute Gasteiger partial charge is 0.252 e. The zero-order valence-electron chi connectivity index (χ0n) is 19.3. The highest BCUT2D eigenvalue weighted by molar-refractivity contribution is 7.91. The lowest BCUT2D eigenvalue weighted by molar-refractivity contribution is -0.124. The molecule has 0 radical (unpaired) electrons. The van der Waals surface area contributed by atoms with Crippen molar-refractivity contribution in [3.63, 3.8) is 0 Å². The summed E-state index contributed by atoms with van der Waals surface area (Å²) < 4.78 is 28.4. The molecule has 2 aromatic carbocycles. The molecule has 2 aliphatic heterocycles. The van der Waals surface area contributed by atoms with Crippen LogP contribution in [0.4, 0.5) is 5.69 Å². The number of benzene rings is 2. The van der Waals surface area contributed by atoms with E-state index in [0.29, 0.717) is 30.1 Å². The number of halogens is 1. The van der Waals surface area contributed by atoms with Crippen LogP contribution in [0.3, 0.4) is 0 Å². The second-order valence-corrected chi connectivity index (χ2v) is 12.5. The van der Waals surface area contributed by atoms with Gasteiger partial charge in [0.2, 0.25) is 5.91 Å². The molecular formula is C25H25ClN4O4S2. The van der Waals surface area contributed by atoms with Gasteiger partial charge in [-0.2, -0.15) is 4.31 Å². The van der Waals surface area contributed by atoms with Crippen LogP contribution in [0.25, 0.3) is 0 Å². The average Bonchev–Trinajstić information content (AvgIpc) is 3.50. The maximum Gasteiger partial charge on any atom is 0.252 e. The molecule has 2 aliphatic rings. The van der Waals surface area contributed by atoms with Crippen LogP contribution in [-0.4, -0.2) is 49.8 Å². The molecule has 36 heavy (non-hydrogen) atoms. The van der Waals surface area contributed by atoms with Crippen molar-refractivity contribution in [3.8, 4) is 0 Å². The van der Waals surface area contributed by atoms with Gasteiger partial charge >= 0.3 is 0 Å². The number of nitrogens with one attached hydrogen (secondary N) is 2. The van der Waals surface area contributed by atoms with Crippen molar-refractivity contribution in [2.45, 2.75) is 29.1 Å². The molecule has 2 amide bonds. The van der Waals surface area contributed by atoms with E-state index in [2.05, 4.69) is 10.6 Å². The second-order valence-electron chi connectivity index (χ2n) is 8.77. The van der Waals surface area contributed by atoms with Crippen LogP contribution < -0.4 is 15.5 Å². The Balaban J connectivity index is 1.24. The molecule has 8 nitrogen and oxygen atoms in total. The molecule has 0 bridgehead atoms. The molecule has 2 N–H and O–H groups in total. The third kappa shape index (κ3) is 4.61. The molecule has 5 rings (SSSR count). The van der Waals surface area contributed by atoms with E-state index in [9.17, 15) is 18.0 Å². The summed E-state index contributed by atoms with van der Waals surface area (Å²) in [6, 6.07) is 19.5. The number of para-hydroxylation sites is 1. The van der Waals surface area contributed by atoms with E-state index in [1.165, 1.54) is 4.31 Å². The van der Waals surface area contributed by atoms with Crippen molar-refractivity contribution >= 4 is 50.5 Å². The Morgan fingerprint density at radius 2 is 1.72 bits per heavy atom. The summed E-state index contributed by atoms with van der Waals surface area (Å²) >= 11 is 7.00. The zero-order chi connectivity index (χ0) is 25.3. The molecular weight excluding hydrogens is 520 g/mol. The summed E-state index contributed by atoms with van der Waals surface area (Å²) in [4.78, 5) is 28.0. The van der Waals surface area contributed by atoms with E-state index in [4.69, 9.17) is 11.6 Å². The standard InChI is InChI=1S/C25H25ClN4O4S2/c26-19-8-6-18(7-9-19)23(31)27-16-21-10-11-22(35-21)36(33,34)29-14-12-25(13-15-29)24(32)28-17-30(25)20-4-2-1-3-5-20/h1-11H,12-17H2,(H,27,31)(H,28,32). The van der Waals surface area contributed by atoms with Gasteiger partial charge < -0.3 is 15.5 Å². The van der Waals surface area contributed by atoms with Crippen molar-refractivity contribution in [2.24, 2.45) is 0 Å². The van der Waals surface area contributed by atoms with Gasteiger partial charge in [0.1, 0.15) is 9.75 Å². The quantitative estimate of drug-likeness (QED) is 0.495. The van der Waals surface area contributed by atoms with E-state index < -0.39 is 15.6 Å². The molecule has 1 spiro atoms. The Labute approximate surface area is 218 Å². The van der Waals surface area contributed by atoms with Crippen molar-refractivity contribution in [1.82, 2.24) is 14.9 Å². The van der Waals surface area contributed by atoms with Crippen molar-refractivity contribution in [3.05, 3.63) is 82.2 Å². The molecule has 0 saturated carbocycles. The SMILES string of the molecule is O=C(NCc1ccc(S(=O)(=O)N2CCC3(CC2)C(=O)NCN3c2ccccc2)s1)c1ccc(Cl)cc1. The number of carbonyl (C=O) groups is 2. The molecule has 3 aromatic rings. The molecule has 0 atom stereocenters. The van der Waals surface area contributed by atoms with Crippen molar-refractivity contribution < 1.29 is 18.0 Å². The minimum Gasteiger partial charge on any atom is -0.347 e. The topological polar surface area (TPSA) is 98.8 Å². The molecule has 11 heteroatoms. The summed E-state index contributed by atoms with van der Waals surface area (Å²) in [5.41, 5.74) is 0.669. The number of carbonyl (C=O) groups excluding carboxylic acids is 2. The monoisotopic (exact) mass is 544 g/mol. The van der Waals surface area contributed by atoms with Crippen LogP contribution in [0.15, 0.2) is 70.9 Å². The van der Waals surface area contributed by atoms with Gasteiger partial charge in [0.05, 0.1) is 13.2 Å². The van der Waals surface area contributed by atoms with E-state index >= 15 is 0 Å². The van der Waals surface area contributed by atoms with Gasteiger partial charge in [0.25, 0.3) is 15.9 Å². The summed E-state index contributed by atoms with van der Waals surface area (Å²) in [6.07, 6.45) is 0.810. The van der Waals surface area contributed by atoms with Gasteiger partial charge in [-0.15, -0.1) is 11.3 Å². The molecule has 0 aliphatic carbocycles. The van der Waals surface area contributed by atoms with Gasteiger partial charge in [-0.25, -0.2) is 8.42 Å². The molecule has 188 valence electrons. The van der Waals surface area contributed by atoms with Gasteiger partial charge in [-0.1, -0.05) is 29.8 Å². The normalized spacial score (nSPS) is 17.8. The number of amides is 2. The van der Waals surface area contributed by atoms with Crippen molar-refractivity contribution in [1.29, 1.82) is 0 Å². The number of anilines is 1. The third-order valence-corrected chi connectivity index (χ3v) is 10.4. The minimum atomic E-state index is -3.71. The fourth-order valence-corrected chi connectivity index (χ4v) is 7.74. The lowest BCUT2D eigenvalue weighted by atomic mass is 9.86. The lowest BCUT2D eigenvalue weighted by Crippen LogP contribution is -2.57. The number of piperidine rings is 1. The number of hydrogen-bond donors (Lipinski definition) is 2. The van der Waals surface area contributed by atoms with E-state index in [-0.39, 0.29) is 35.7 Å². The first-order valence-corrected chi connectivity index (χ1v) is 14.2. The second kappa shape index (κ2) is 9.85. The van der Waals surface area contributed by atoms with Gasteiger partial charge in [0, 0.05) is 34.2 Å². The molecule has 2 saturated heterocycles. The number of rotatable bonds is 6. The highest BCUT2D eigenvalue weighted by Crippen LogP contribution is 2.38. The summed E-state index contributed by atoms with van der Waals surface area (Å²) in [5.74, 6) is -0.318. The van der Waals surface area contributed by atoms with Crippen LogP contribution >= 0.6 is 22.9 Å². The van der Waals surface area contributed by atoms with E-state index in [1.807, 2.05) is 35.2 Å². The molecule has 2 fully saturated rings. The summed E-state index contributed by atoms with van der Waals surface area (Å²) in [5, 5.41) is 6.29. The highest BCUT2D eigenvalue weighted by atomic mass is 35.5. The summed E-state index contributed by atoms with van der Waals surface area (Å²) in [6.45, 7) is 1.13. The number of sulfonamides is 1. The van der Waals surface area contributed by atoms with Crippen molar-refractivity contribution in [2.75, 3.05) is 24.7 Å². The highest BCUT2D eigenvalue weighted by Gasteiger charge is 2.51. The fraction of sp³-hybridized carbons (Fsp3) is 0.280. The molecule has 3 heterocycles. The average molecular weight is 545 g/mol. The molecule has 1 aromatic heterocycles. The Morgan fingerprint density at radius 1 is 1.03 bits per heavy atom. The molecule has 0 unspecified atom stereocenters. The maximum absolute atomic E-state index is 13.4. The first-order valence-electron chi connectivity index (χ1n) is 11.5. The predicted octanol–water partition coefficient (Wildman–Crippen LogP) is 3.45.